The number of hydrogen-bond donors (Lipinski definition) is 0. The summed E-state index contributed by atoms with van der Waals surface area (Å²) in [5.41, 5.74) is -0.0647. The van der Waals surface area contributed by atoms with E-state index in [2.05, 4.69) is 15.0 Å². The summed E-state index contributed by atoms with van der Waals surface area (Å²) in [5.74, 6) is -0.0385. The molecular weight excluding hydrogens is 649 g/mol. The molecule has 0 N–H and O–H groups in total. The largest absolute Gasteiger partial charge is 0.432 e. The molecule has 14 heteroatoms. The first-order valence-electron chi connectivity index (χ1n) is 14.4. The van der Waals surface area contributed by atoms with Crippen molar-refractivity contribution in [3.05, 3.63) is 99.9 Å². The van der Waals surface area contributed by atoms with Gasteiger partial charge in [-0.05, 0) is 93.8 Å². The van der Waals surface area contributed by atoms with E-state index in [0.717, 1.165) is 49.0 Å². The van der Waals surface area contributed by atoms with Gasteiger partial charge in [-0.3, -0.25) is 14.5 Å². The fourth-order valence-electron chi connectivity index (χ4n) is 5.99. The molecule has 48 heavy (non-hydrogen) atoms. The molecule has 0 amide bonds. The predicted molar refractivity (Wildman–Crippen MR) is 167 cm³/mol. The highest BCUT2D eigenvalue weighted by atomic mass is 19.4. The van der Waals surface area contributed by atoms with Crippen LogP contribution in [0.1, 0.15) is 40.3 Å². The zero-order valence-corrected chi connectivity index (χ0v) is 26.4. The van der Waals surface area contributed by atoms with Gasteiger partial charge in [-0.2, -0.15) is 44.5 Å². The number of aryl methyl sites for hydroxylation is 4. The topological polar surface area (TPSA) is 46.3 Å². The maximum atomic E-state index is 13.9. The molecule has 5 nitrogen and oxygen atoms in total. The van der Waals surface area contributed by atoms with E-state index in [0.29, 0.717) is 16.8 Å². The van der Waals surface area contributed by atoms with Gasteiger partial charge in [0.05, 0.1) is 27.8 Å². The van der Waals surface area contributed by atoms with Gasteiger partial charge in [0.15, 0.2) is 0 Å². The standard InChI is InChI=1S/C34H28F9N5/c1-17-11-18(2)29(19(3)12-17)47(21(5)14-27(44-6)34(41,42)43)31-45-10-9-28(46-31)48-26-8-7-22(32(35,36)37)15-24(26)25-16-23(33(38,39)40)13-20(4)30(25)48/h7-16H,1-6H3/b21-14+,44-27+. The minimum atomic E-state index is -4.78. The van der Waals surface area contributed by atoms with Crippen LogP contribution in [0.3, 0.4) is 0 Å². The average Bonchev–Trinajstić information content (AvgIpc) is 3.30. The molecule has 2 aromatic heterocycles. The molecule has 2 heterocycles. The maximum Gasteiger partial charge on any atom is 0.432 e. The van der Waals surface area contributed by atoms with Gasteiger partial charge in [0.2, 0.25) is 5.95 Å². The van der Waals surface area contributed by atoms with Crippen LogP contribution in [0.15, 0.2) is 71.5 Å². The molecule has 0 aliphatic rings. The van der Waals surface area contributed by atoms with E-state index in [4.69, 9.17) is 0 Å². The molecule has 0 atom stereocenters. The molecule has 3 aromatic carbocycles. The molecule has 0 aliphatic carbocycles. The lowest BCUT2D eigenvalue weighted by Gasteiger charge is -2.28. The molecule has 0 saturated heterocycles. The Balaban J connectivity index is 1.84. The lowest BCUT2D eigenvalue weighted by Crippen LogP contribution is -2.25. The van der Waals surface area contributed by atoms with Crippen molar-refractivity contribution in [3.8, 4) is 5.82 Å². The van der Waals surface area contributed by atoms with Crippen molar-refractivity contribution in [1.29, 1.82) is 0 Å². The summed E-state index contributed by atoms with van der Waals surface area (Å²) in [6, 6.07) is 9.53. The number of rotatable bonds is 5. The third-order valence-electron chi connectivity index (χ3n) is 7.85. The highest BCUT2D eigenvalue weighted by molar-refractivity contribution is 6.10. The van der Waals surface area contributed by atoms with E-state index in [-0.39, 0.29) is 44.8 Å². The summed E-state index contributed by atoms with van der Waals surface area (Å²) in [7, 11) is 1.01. The summed E-state index contributed by atoms with van der Waals surface area (Å²) < 4.78 is 126. The van der Waals surface area contributed by atoms with Crippen LogP contribution in [0.4, 0.5) is 51.1 Å². The van der Waals surface area contributed by atoms with Crippen molar-refractivity contribution < 1.29 is 39.5 Å². The summed E-state index contributed by atoms with van der Waals surface area (Å²) in [6.45, 7) is 8.22. The van der Waals surface area contributed by atoms with E-state index >= 15 is 0 Å². The lowest BCUT2D eigenvalue weighted by atomic mass is 10.0. The van der Waals surface area contributed by atoms with Crippen LogP contribution in [-0.2, 0) is 12.4 Å². The normalized spacial score (nSPS) is 13.6. The van der Waals surface area contributed by atoms with Gasteiger partial charge in [0.25, 0.3) is 0 Å². The number of aliphatic imine (C=N–C) groups is 1. The molecule has 5 aromatic rings. The van der Waals surface area contributed by atoms with Gasteiger partial charge in [-0.25, -0.2) is 4.98 Å². The Bertz CT molecular complexity index is 2090. The number of anilines is 2. The van der Waals surface area contributed by atoms with Gasteiger partial charge in [-0.1, -0.05) is 17.7 Å². The van der Waals surface area contributed by atoms with Gasteiger partial charge >= 0.3 is 18.5 Å². The SMILES string of the molecule is C/N=C(\C=C(/C)N(c1nccc(-n2c3ccc(C(F)(F)F)cc3c3cc(C(F)(F)F)cc(C)c32)n1)c1c(C)cc(C)cc1C)C(F)(F)F. The zero-order chi connectivity index (χ0) is 35.5. The first-order valence-corrected chi connectivity index (χ1v) is 14.4. The quantitative estimate of drug-likeness (QED) is 0.137. The zero-order valence-electron chi connectivity index (χ0n) is 26.4. The number of fused-ring (bicyclic) bond motifs is 3. The van der Waals surface area contributed by atoms with Crippen LogP contribution in [0, 0.1) is 27.7 Å². The van der Waals surface area contributed by atoms with E-state index in [1.807, 2.05) is 19.1 Å². The maximum absolute atomic E-state index is 13.9. The van der Waals surface area contributed by atoms with Gasteiger partial charge in [0.1, 0.15) is 11.5 Å². The second kappa shape index (κ2) is 12.0. The second-order valence-corrected chi connectivity index (χ2v) is 11.4. The highest BCUT2D eigenvalue weighted by Crippen LogP contribution is 2.42. The summed E-state index contributed by atoms with van der Waals surface area (Å²) >= 11 is 0. The molecule has 5 rings (SSSR count). The number of halogens is 9. The Morgan fingerprint density at radius 3 is 1.94 bits per heavy atom. The third-order valence-corrected chi connectivity index (χ3v) is 7.85. The van der Waals surface area contributed by atoms with Crippen molar-refractivity contribution in [2.75, 3.05) is 11.9 Å². The molecule has 252 valence electrons. The first kappa shape index (κ1) is 34.5. The smallest absolute Gasteiger partial charge is 0.293 e. The number of hydrogen-bond acceptors (Lipinski definition) is 4. The van der Waals surface area contributed by atoms with Crippen LogP contribution in [0.25, 0.3) is 27.6 Å². The van der Waals surface area contributed by atoms with Crippen molar-refractivity contribution in [3.63, 3.8) is 0 Å². The highest BCUT2D eigenvalue weighted by Gasteiger charge is 2.36. The number of nitrogens with zero attached hydrogens (tertiary/aromatic N) is 5. The van der Waals surface area contributed by atoms with Gasteiger partial charge in [0, 0.05) is 29.7 Å². The summed E-state index contributed by atoms with van der Waals surface area (Å²) in [5, 5.41) is -0.183. The van der Waals surface area contributed by atoms with Gasteiger partial charge in [-0.15, -0.1) is 0 Å². The molecule has 0 bridgehead atoms. The number of alkyl halides is 9. The van der Waals surface area contributed by atoms with Crippen molar-refractivity contribution in [2.45, 2.75) is 53.1 Å². The third kappa shape index (κ3) is 6.35. The molecule has 0 radical (unpaired) electrons. The first-order chi connectivity index (χ1) is 22.2. The van der Waals surface area contributed by atoms with E-state index in [1.54, 1.807) is 13.8 Å². The number of benzene rings is 3. The summed E-state index contributed by atoms with van der Waals surface area (Å²) in [6.07, 6.45) is -12.2. The summed E-state index contributed by atoms with van der Waals surface area (Å²) in [4.78, 5) is 13.8. The van der Waals surface area contributed by atoms with Gasteiger partial charge < -0.3 is 0 Å². The van der Waals surface area contributed by atoms with Crippen molar-refractivity contribution in [2.24, 2.45) is 4.99 Å². The molecule has 0 unspecified atom stereocenters. The van der Waals surface area contributed by atoms with Crippen LogP contribution < -0.4 is 4.90 Å². The van der Waals surface area contributed by atoms with E-state index in [1.165, 1.54) is 35.6 Å². The Morgan fingerprint density at radius 1 is 0.771 bits per heavy atom. The molecule has 0 spiro atoms. The van der Waals surface area contributed by atoms with E-state index in [9.17, 15) is 39.5 Å². The van der Waals surface area contributed by atoms with Crippen molar-refractivity contribution >= 4 is 39.2 Å². The van der Waals surface area contributed by atoms with Crippen LogP contribution in [0.2, 0.25) is 0 Å². The van der Waals surface area contributed by atoms with E-state index < -0.39 is 35.4 Å². The average molecular weight is 678 g/mol. The number of allylic oxidation sites excluding steroid dienone is 2. The minimum Gasteiger partial charge on any atom is -0.293 e. The van der Waals surface area contributed by atoms with Crippen LogP contribution in [0.5, 0.6) is 0 Å². The fourth-order valence-corrected chi connectivity index (χ4v) is 5.99. The Kier molecular flexibility index (Phi) is 8.60. The lowest BCUT2D eigenvalue weighted by molar-refractivity contribution is -0.138. The molecule has 0 fully saturated rings. The van der Waals surface area contributed by atoms with Crippen molar-refractivity contribution in [1.82, 2.24) is 14.5 Å². The molecular formula is C34H28F9N5. The fraction of sp³-hybridized carbons (Fsp3) is 0.265. The van der Waals surface area contributed by atoms with Crippen LogP contribution >= 0.6 is 0 Å². The molecule has 0 saturated carbocycles. The Hall–Kier alpha value is -4.88. The molecule has 0 aliphatic heterocycles. The minimum absolute atomic E-state index is 0.0446. The Labute approximate surface area is 269 Å². The second-order valence-electron chi connectivity index (χ2n) is 11.4. The predicted octanol–water partition coefficient (Wildman–Crippen LogP) is 10.5. The monoisotopic (exact) mass is 677 g/mol. The number of aromatic nitrogens is 3. The van der Waals surface area contributed by atoms with Crippen LogP contribution in [-0.4, -0.2) is 33.5 Å². The Morgan fingerprint density at radius 2 is 1.38 bits per heavy atom.